The van der Waals surface area contributed by atoms with Crippen LogP contribution in [0.25, 0.3) is 0 Å². The molecule has 2 amide bonds. The van der Waals surface area contributed by atoms with E-state index in [-0.39, 0.29) is 17.6 Å². The van der Waals surface area contributed by atoms with Crippen LogP contribution < -0.4 is 4.74 Å². The zero-order valence-corrected chi connectivity index (χ0v) is 20.6. The van der Waals surface area contributed by atoms with Gasteiger partial charge in [0.25, 0.3) is 5.91 Å². The lowest BCUT2D eigenvalue weighted by Crippen LogP contribution is -2.45. The lowest BCUT2D eigenvalue weighted by Gasteiger charge is -2.41. The Kier molecular flexibility index (Phi) is 6.96. The van der Waals surface area contributed by atoms with Gasteiger partial charge < -0.3 is 14.5 Å². The first-order chi connectivity index (χ1) is 16.2. The Labute approximate surface area is 201 Å². The first-order valence-corrected chi connectivity index (χ1v) is 12.3. The minimum absolute atomic E-state index is 0.0226. The molecular formula is C28H35FN2O3. The number of rotatable bonds is 5. The van der Waals surface area contributed by atoms with E-state index < -0.39 is 17.6 Å². The normalized spacial score (nSPS) is 19.0. The SMILES string of the molecule is CCC(Oc1ccc2c(c1)C(c1cccc(F)c1)N(C(=O)C(C)(C)C)CC2)C(=O)N1CCCC1. The molecule has 4 rings (SSSR count). The van der Waals surface area contributed by atoms with Gasteiger partial charge in [0, 0.05) is 25.0 Å². The van der Waals surface area contributed by atoms with Crippen molar-refractivity contribution in [3.05, 3.63) is 65.0 Å². The molecule has 5 nitrogen and oxygen atoms in total. The summed E-state index contributed by atoms with van der Waals surface area (Å²) in [5, 5.41) is 0. The molecule has 0 bridgehead atoms. The van der Waals surface area contributed by atoms with Gasteiger partial charge >= 0.3 is 0 Å². The third-order valence-corrected chi connectivity index (χ3v) is 6.75. The summed E-state index contributed by atoms with van der Waals surface area (Å²) in [6.45, 7) is 9.81. The molecule has 34 heavy (non-hydrogen) atoms. The van der Waals surface area contributed by atoms with Crippen LogP contribution in [0.1, 0.15) is 69.7 Å². The average molecular weight is 467 g/mol. The molecule has 0 spiro atoms. The Morgan fingerprint density at radius 2 is 1.82 bits per heavy atom. The fraction of sp³-hybridized carbons (Fsp3) is 0.500. The number of carbonyl (C=O) groups is 2. The first-order valence-electron chi connectivity index (χ1n) is 12.3. The Hall–Kier alpha value is -2.89. The molecule has 6 heteroatoms. The number of nitrogens with zero attached hydrogens (tertiary/aromatic N) is 2. The zero-order valence-electron chi connectivity index (χ0n) is 20.6. The number of halogens is 1. The van der Waals surface area contributed by atoms with E-state index in [9.17, 15) is 14.0 Å². The maximum Gasteiger partial charge on any atom is 0.263 e. The smallest absolute Gasteiger partial charge is 0.263 e. The number of amides is 2. The van der Waals surface area contributed by atoms with Gasteiger partial charge in [0.1, 0.15) is 11.6 Å². The van der Waals surface area contributed by atoms with Crippen LogP contribution in [-0.4, -0.2) is 47.4 Å². The van der Waals surface area contributed by atoms with Crippen molar-refractivity contribution < 1.29 is 18.7 Å². The van der Waals surface area contributed by atoms with Gasteiger partial charge in [0.05, 0.1) is 6.04 Å². The second-order valence-corrected chi connectivity index (χ2v) is 10.4. The average Bonchev–Trinajstić information content (AvgIpc) is 3.35. The van der Waals surface area contributed by atoms with Crippen molar-refractivity contribution in [2.75, 3.05) is 19.6 Å². The number of hydrogen-bond acceptors (Lipinski definition) is 3. The van der Waals surface area contributed by atoms with Gasteiger partial charge in [-0.15, -0.1) is 0 Å². The van der Waals surface area contributed by atoms with Crippen LogP contribution in [0, 0.1) is 11.2 Å². The van der Waals surface area contributed by atoms with Crippen LogP contribution >= 0.6 is 0 Å². The number of fused-ring (bicyclic) bond motifs is 1. The molecule has 0 aromatic heterocycles. The number of hydrogen-bond donors (Lipinski definition) is 0. The number of ether oxygens (including phenoxy) is 1. The quantitative estimate of drug-likeness (QED) is 0.614. The van der Waals surface area contributed by atoms with Crippen molar-refractivity contribution in [3.8, 4) is 5.75 Å². The molecule has 1 saturated heterocycles. The van der Waals surface area contributed by atoms with E-state index in [1.54, 1.807) is 6.07 Å². The summed E-state index contributed by atoms with van der Waals surface area (Å²) < 4.78 is 20.4. The third kappa shape index (κ3) is 4.96. The van der Waals surface area contributed by atoms with E-state index in [1.165, 1.54) is 12.1 Å². The van der Waals surface area contributed by atoms with Crippen molar-refractivity contribution in [2.24, 2.45) is 5.41 Å². The molecule has 1 fully saturated rings. The fourth-order valence-electron chi connectivity index (χ4n) is 4.97. The van der Waals surface area contributed by atoms with Crippen LogP contribution in [0.2, 0.25) is 0 Å². The summed E-state index contributed by atoms with van der Waals surface area (Å²) in [5.41, 5.74) is 2.21. The Balaban J connectivity index is 1.70. The van der Waals surface area contributed by atoms with Crippen molar-refractivity contribution in [1.82, 2.24) is 9.80 Å². The van der Waals surface area contributed by atoms with Gasteiger partial charge in [0.15, 0.2) is 6.10 Å². The highest BCUT2D eigenvalue weighted by Crippen LogP contribution is 2.39. The summed E-state index contributed by atoms with van der Waals surface area (Å²) in [6.07, 6.45) is 2.82. The van der Waals surface area contributed by atoms with E-state index in [2.05, 4.69) is 0 Å². The summed E-state index contributed by atoms with van der Waals surface area (Å²) in [4.78, 5) is 30.1. The van der Waals surface area contributed by atoms with E-state index in [0.717, 1.165) is 42.6 Å². The van der Waals surface area contributed by atoms with Crippen molar-refractivity contribution >= 4 is 11.8 Å². The maximum atomic E-state index is 14.2. The molecule has 182 valence electrons. The molecule has 0 saturated carbocycles. The molecule has 2 heterocycles. The number of carbonyl (C=O) groups excluding carboxylic acids is 2. The van der Waals surface area contributed by atoms with Crippen LogP contribution in [-0.2, 0) is 16.0 Å². The third-order valence-electron chi connectivity index (χ3n) is 6.75. The van der Waals surface area contributed by atoms with E-state index in [1.807, 2.05) is 61.8 Å². The van der Waals surface area contributed by atoms with E-state index in [4.69, 9.17) is 4.74 Å². The van der Waals surface area contributed by atoms with Gasteiger partial charge in [-0.25, -0.2) is 4.39 Å². The van der Waals surface area contributed by atoms with Crippen LogP contribution in [0.15, 0.2) is 42.5 Å². The van der Waals surface area contributed by atoms with Crippen molar-refractivity contribution in [3.63, 3.8) is 0 Å². The van der Waals surface area contributed by atoms with Gasteiger partial charge in [-0.3, -0.25) is 9.59 Å². The minimum Gasteiger partial charge on any atom is -0.481 e. The highest BCUT2D eigenvalue weighted by molar-refractivity contribution is 5.83. The lowest BCUT2D eigenvalue weighted by molar-refractivity contribution is -0.141. The molecule has 2 atom stereocenters. The molecule has 2 aromatic carbocycles. The molecular weight excluding hydrogens is 431 g/mol. The molecule has 0 N–H and O–H groups in total. The fourth-order valence-corrected chi connectivity index (χ4v) is 4.97. The number of benzene rings is 2. The Morgan fingerprint density at radius 3 is 2.47 bits per heavy atom. The summed E-state index contributed by atoms with van der Waals surface area (Å²) >= 11 is 0. The topological polar surface area (TPSA) is 49.9 Å². The zero-order chi connectivity index (χ0) is 24.5. The first kappa shape index (κ1) is 24.2. The van der Waals surface area contributed by atoms with Gasteiger partial charge in [0.2, 0.25) is 5.91 Å². The standard InChI is InChI=1S/C28H35FN2O3/c1-5-24(26(32)30-14-6-7-15-30)34-22-12-11-19-13-16-31(27(33)28(2,3)4)25(23(19)18-22)20-9-8-10-21(29)17-20/h8-12,17-18,24-25H,5-7,13-16H2,1-4H3. The summed E-state index contributed by atoms with van der Waals surface area (Å²) in [5.74, 6) is 0.324. The van der Waals surface area contributed by atoms with Crippen LogP contribution in [0.4, 0.5) is 4.39 Å². The highest BCUT2D eigenvalue weighted by atomic mass is 19.1. The number of likely N-dealkylation sites (tertiary alicyclic amines) is 1. The van der Waals surface area contributed by atoms with Gasteiger partial charge in [-0.2, -0.15) is 0 Å². The van der Waals surface area contributed by atoms with Gasteiger partial charge in [-0.1, -0.05) is 45.9 Å². The van der Waals surface area contributed by atoms with Crippen LogP contribution in [0.5, 0.6) is 5.75 Å². The van der Waals surface area contributed by atoms with Crippen molar-refractivity contribution in [2.45, 2.75) is 65.5 Å². The molecule has 2 unspecified atom stereocenters. The highest BCUT2D eigenvalue weighted by Gasteiger charge is 2.37. The van der Waals surface area contributed by atoms with E-state index >= 15 is 0 Å². The molecule has 0 radical (unpaired) electrons. The Morgan fingerprint density at radius 1 is 1.09 bits per heavy atom. The largest absolute Gasteiger partial charge is 0.481 e. The molecule has 2 aliphatic rings. The van der Waals surface area contributed by atoms with E-state index in [0.29, 0.717) is 25.1 Å². The predicted octanol–water partition coefficient (Wildman–Crippen LogP) is 5.13. The summed E-state index contributed by atoms with van der Waals surface area (Å²) in [6, 6.07) is 11.9. The minimum atomic E-state index is -0.563. The van der Waals surface area contributed by atoms with Crippen LogP contribution in [0.3, 0.4) is 0 Å². The molecule has 2 aliphatic heterocycles. The Bertz CT molecular complexity index is 1060. The van der Waals surface area contributed by atoms with Crippen molar-refractivity contribution in [1.29, 1.82) is 0 Å². The van der Waals surface area contributed by atoms with Gasteiger partial charge in [-0.05, 0) is 66.6 Å². The monoisotopic (exact) mass is 466 g/mol. The second-order valence-electron chi connectivity index (χ2n) is 10.4. The predicted molar refractivity (Wildman–Crippen MR) is 130 cm³/mol. The molecule has 2 aromatic rings. The maximum absolute atomic E-state index is 14.2. The second kappa shape index (κ2) is 9.77. The molecule has 0 aliphatic carbocycles. The lowest BCUT2D eigenvalue weighted by atomic mass is 9.85. The summed E-state index contributed by atoms with van der Waals surface area (Å²) in [7, 11) is 0.